The maximum absolute atomic E-state index is 10.8. The maximum Gasteiger partial charge on any atom is 0.122 e. The molecule has 0 N–H and O–H groups in total. The van der Waals surface area contributed by atoms with Crippen LogP contribution in [0.15, 0.2) is 12.2 Å². The fourth-order valence-corrected chi connectivity index (χ4v) is 5.58. The monoisotopic (exact) mass is 348 g/mol. The standard InChI is InChI=1S/C22H36O3/c1-16(2)21-10-9-17(3)15-22(21)12-5-8-20(25-22)14-19-7-4-6-18(24-19)11-13-23/h4,6,13,16-21H,5,7-12,14-15H2,1-3H3/t17-,18+,19-,20+,21+,22?/m1/s1. The van der Waals surface area contributed by atoms with Gasteiger partial charge in [0.1, 0.15) is 6.29 Å². The van der Waals surface area contributed by atoms with Gasteiger partial charge in [-0.05, 0) is 56.3 Å². The molecule has 0 radical (unpaired) electrons. The normalized spacial score (nSPS) is 42.0. The molecule has 0 aromatic carbocycles. The molecule has 1 spiro atoms. The number of hydrogen-bond acceptors (Lipinski definition) is 3. The minimum absolute atomic E-state index is 0.0353. The van der Waals surface area contributed by atoms with Crippen LogP contribution < -0.4 is 0 Å². The molecule has 142 valence electrons. The van der Waals surface area contributed by atoms with Crippen molar-refractivity contribution in [2.45, 2.75) is 102 Å². The zero-order valence-electron chi connectivity index (χ0n) is 16.3. The van der Waals surface area contributed by atoms with Gasteiger partial charge in [0.15, 0.2) is 0 Å². The Balaban J connectivity index is 1.64. The van der Waals surface area contributed by atoms with Crippen LogP contribution in [0, 0.1) is 17.8 Å². The van der Waals surface area contributed by atoms with Crippen molar-refractivity contribution in [2.24, 2.45) is 17.8 Å². The van der Waals surface area contributed by atoms with E-state index in [0.717, 1.165) is 31.5 Å². The van der Waals surface area contributed by atoms with E-state index >= 15 is 0 Å². The molecule has 1 saturated heterocycles. The quantitative estimate of drug-likeness (QED) is 0.513. The van der Waals surface area contributed by atoms with Gasteiger partial charge in [-0.15, -0.1) is 0 Å². The van der Waals surface area contributed by atoms with Gasteiger partial charge in [-0.1, -0.05) is 39.3 Å². The van der Waals surface area contributed by atoms with E-state index in [2.05, 4.69) is 26.8 Å². The third-order valence-electron chi connectivity index (χ3n) is 6.64. The molecule has 0 amide bonds. The summed E-state index contributed by atoms with van der Waals surface area (Å²) in [6.07, 6.45) is 15.6. The summed E-state index contributed by atoms with van der Waals surface area (Å²) in [6.45, 7) is 7.13. The summed E-state index contributed by atoms with van der Waals surface area (Å²) in [7, 11) is 0. The van der Waals surface area contributed by atoms with E-state index in [1.165, 1.54) is 32.1 Å². The van der Waals surface area contributed by atoms with Crippen LogP contribution in [-0.2, 0) is 14.3 Å². The fraction of sp³-hybridized carbons (Fsp3) is 0.864. The average Bonchev–Trinajstić information content (AvgIpc) is 2.55. The molecule has 2 aliphatic heterocycles. The molecular formula is C22H36O3. The van der Waals surface area contributed by atoms with Crippen LogP contribution in [0.1, 0.15) is 78.6 Å². The zero-order valence-corrected chi connectivity index (χ0v) is 16.3. The summed E-state index contributed by atoms with van der Waals surface area (Å²) in [4.78, 5) is 10.8. The fourth-order valence-electron chi connectivity index (χ4n) is 5.58. The van der Waals surface area contributed by atoms with Crippen molar-refractivity contribution in [3.05, 3.63) is 12.2 Å². The van der Waals surface area contributed by atoms with Gasteiger partial charge in [0.2, 0.25) is 0 Å². The Morgan fingerprint density at radius 3 is 2.84 bits per heavy atom. The van der Waals surface area contributed by atoms with E-state index in [4.69, 9.17) is 9.47 Å². The lowest BCUT2D eigenvalue weighted by molar-refractivity contribution is -0.199. The highest BCUT2D eigenvalue weighted by molar-refractivity contribution is 5.50. The molecule has 0 aromatic rings. The lowest BCUT2D eigenvalue weighted by Gasteiger charge is -2.52. The van der Waals surface area contributed by atoms with E-state index in [1.807, 2.05) is 6.08 Å². The van der Waals surface area contributed by atoms with Gasteiger partial charge in [0, 0.05) is 12.8 Å². The second kappa shape index (κ2) is 8.35. The van der Waals surface area contributed by atoms with Gasteiger partial charge in [-0.2, -0.15) is 0 Å². The number of hydrogen-bond donors (Lipinski definition) is 0. The van der Waals surface area contributed by atoms with Crippen LogP contribution in [0.2, 0.25) is 0 Å². The van der Waals surface area contributed by atoms with Crippen molar-refractivity contribution >= 4 is 6.29 Å². The highest BCUT2D eigenvalue weighted by Gasteiger charge is 2.48. The third kappa shape index (κ3) is 4.54. The molecule has 1 saturated carbocycles. The molecule has 0 bridgehead atoms. The molecule has 2 heterocycles. The number of carbonyl (C=O) groups excluding carboxylic acids is 1. The zero-order chi connectivity index (χ0) is 17.9. The molecule has 3 aliphatic rings. The van der Waals surface area contributed by atoms with Crippen LogP contribution in [0.3, 0.4) is 0 Å². The molecule has 3 nitrogen and oxygen atoms in total. The largest absolute Gasteiger partial charge is 0.371 e. The molecule has 3 heteroatoms. The Hall–Kier alpha value is -0.670. The lowest BCUT2D eigenvalue weighted by atomic mass is 9.64. The van der Waals surface area contributed by atoms with Crippen molar-refractivity contribution in [3.63, 3.8) is 0 Å². The topological polar surface area (TPSA) is 35.5 Å². The molecule has 6 atom stereocenters. The van der Waals surface area contributed by atoms with Crippen molar-refractivity contribution < 1.29 is 14.3 Å². The first-order chi connectivity index (χ1) is 12.0. The van der Waals surface area contributed by atoms with Crippen molar-refractivity contribution in [1.29, 1.82) is 0 Å². The average molecular weight is 349 g/mol. The van der Waals surface area contributed by atoms with Gasteiger partial charge in [0.25, 0.3) is 0 Å². The molecular weight excluding hydrogens is 312 g/mol. The van der Waals surface area contributed by atoms with Gasteiger partial charge in [0.05, 0.1) is 23.9 Å². The van der Waals surface area contributed by atoms with Crippen LogP contribution in [0.5, 0.6) is 0 Å². The first kappa shape index (κ1) is 19.1. The maximum atomic E-state index is 10.8. The smallest absolute Gasteiger partial charge is 0.122 e. The first-order valence-electron chi connectivity index (χ1n) is 10.5. The van der Waals surface area contributed by atoms with Gasteiger partial charge < -0.3 is 14.3 Å². The second-order valence-corrected chi connectivity index (χ2v) is 9.03. The number of ether oxygens (including phenoxy) is 2. The highest BCUT2D eigenvalue weighted by atomic mass is 16.5. The number of aldehydes is 1. The predicted octanol–water partition coefficient (Wildman–Crippen LogP) is 5.08. The summed E-state index contributed by atoms with van der Waals surface area (Å²) >= 11 is 0. The van der Waals surface area contributed by atoms with Gasteiger partial charge in [-0.25, -0.2) is 0 Å². The van der Waals surface area contributed by atoms with Crippen molar-refractivity contribution in [2.75, 3.05) is 0 Å². The summed E-state index contributed by atoms with van der Waals surface area (Å²) in [5.41, 5.74) is 0.0987. The first-order valence-corrected chi connectivity index (χ1v) is 10.5. The lowest BCUT2D eigenvalue weighted by Crippen LogP contribution is -2.52. The Kier molecular flexibility index (Phi) is 6.38. The van der Waals surface area contributed by atoms with Gasteiger partial charge in [-0.3, -0.25) is 0 Å². The van der Waals surface area contributed by atoms with Crippen LogP contribution >= 0.6 is 0 Å². The molecule has 0 aromatic heterocycles. The van der Waals surface area contributed by atoms with E-state index in [-0.39, 0.29) is 17.8 Å². The minimum Gasteiger partial charge on any atom is -0.371 e. The SMILES string of the molecule is CC(C)[C@@H]1CC[C@@H](C)CC12CCC[C@@H](C[C@H]1CC=C[C@@H](CC=O)O1)O2. The summed E-state index contributed by atoms with van der Waals surface area (Å²) in [5, 5.41) is 0. The van der Waals surface area contributed by atoms with E-state index < -0.39 is 0 Å². The predicted molar refractivity (Wildman–Crippen MR) is 101 cm³/mol. The number of carbonyl (C=O) groups is 1. The van der Waals surface area contributed by atoms with Crippen LogP contribution in [0.4, 0.5) is 0 Å². The number of rotatable bonds is 5. The van der Waals surface area contributed by atoms with E-state index in [0.29, 0.717) is 24.4 Å². The molecule has 25 heavy (non-hydrogen) atoms. The van der Waals surface area contributed by atoms with Gasteiger partial charge >= 0.3 is 0 Å². The third-order valence-corrected chi connectivity index (χ3v) is 6.64. The van der Waals surface area contributed by atoms with E-state index in [9.17, 15) is 4.79 Å². The van der Waals surface area contributed by atoms with Crippen LogP contribution in [0.25, 0.3) is 0 Å². The Morgan fingerprint density at radius 1 is 1.24 bits per heavy atom. The molecule has 3 rings (SSSR count). The molecule has 1 aliphatic carbocycles. The summed E-state index contributed by atoms with van der Waals surface area (Å²) < 4.78 is 13.0. The molecule has 1 unspecified atom stereocenters. The Labute approximate surface area is 153 Å². The highest BCUT2D eigenvalue weighted by Crippen LogP contribution is 2.49. The summed E-state index contributed by atoms with van der Waals surface area (Å²) in [5.74, 6) is 2.16. The Bertz CT molecular complexity index is 472. The van der Waals surface area contributed by atoms with Crippen molar-refractivity contribution in [1.82, 2.24) is 0 Å². The molecule has 2 fully saturated rings. The van der Waals surface area contributed by atoms with Crippen LogP contribution in [-0.4, -0.2) is 30.2 Å². The minimum atomic E-state index is -0.0353. The summed E-state index contributed by atoms with van der Waals surface area (Å²) in [6, 6.07) is 0. The van der Waals surface area contributed by atoms with Crippen molar-refractivity contribution in [3.8, 4) is 0 Å². The van der Waals surface area contributed by atoms with E-state index in [1.54, 1.807) is 0 Å². The Morgan fingerprint density at radius 2 is 2.08 bits per heavy atom. The second-order valence-electron chi connectivity index (χ2n) is 9.03.